The number of benzene rings is 1. The molecule has 1 aromatic rings. The Hall–Kier alpha value is -0.860. The molecule has 0 aromatic heterocycles. The molecular weight excluding hydrogens is 234 g/mol. The van der Waals surface area contributed by atoms with E-state index in [9.17, 15) is 0 Å². The normalized spacial score (nSPS) is 12.6. The van der Waals surface area contributed by atoms with Gasteiger partial charge in [-0.2, -0.15) is 0 Å². The number of aryl methyl sites for hydroxylation is 1. The van der Waals surface area contributed by atoms with Crippen molar-refractivity contribution in [2.45, 2.75) is 52.5 Å². The fourth-order valence-corrected chi connectivity index (χ4v) is 2.18. The van der Waals surface area contributed by atoms with Gasteiger partial charge in [0.25, 0.3) is 0 Å². The van der Waals surface area contributed by atoms with Gasteiger partial charge in [-0.25, -0.2) is 0 Å². The first-order valence-corrected chi connectivity index (χ1v) is 7.71. The van der Waals surface area contributed by atoms with E-state index >= 15 is 0 Å². The Morgan fingerprint density at radius 3 is 2.63 bits per heavy atom. The van der Waals surface area contributed by atoms with Crippen molar-refractivity contribution in [3.63, 3.8) is 0 Å². The second kappa shape index (κ2) is 9.99. The lowest BCUT2D eigenvalue weighted by molar-refractivity contribution is 0.124. The van der Waals surface area contributed by atoms with E-state index in [0.29, 0.717) is 6.04 Å². The first-order valence-electron chi connectivity index (χ1n) is 7.71. The maximum Gasteiger partial charge on any atom is 0.0484 e. The summed E-state index contributed by atoms with van der Waals surface area (Å²) in [5, 5.41) is 3.63. The third kappa shape index (κ3) is 6.22. The smallest absolute Gasteiger partial charge is 0.0484 e. The lowest BCUT2D eigenvalue weighted by Gasteiger charge is -2.19. The van der Waals surface area contributed by atoms with Crippen LogP contribution in [-0.2, 0) is 11.2 Å². The van der Waals surface area contributed by atoms with Crippen molar-refractivity contribution in [1.82, 2.24) is 5.32 Å². The van der Waals surface area contributed by atoms with Crippen molar-refractivity contribution < 1.29 is 4.74 Å². The summed E-state index contributed by atoms with van der Waals surface area (Å²) in [5.41, 5.74) is 2.81. The summed E-state index contributed by atoms with van der Waals surface area (Å²) in [4.78, 5) is 0. The first kappa shape index (κ1) is 16.2. The van der Waals surface area contributed by atoms with Crippen molar-refractivity contribution in [2.75, 3.05) is 19.8 Å². The van der Waals surface area contributed by atoms with Crippen LogP contribution >= 0.6 is 0 Å². The second-order valence-electron chi connectivity index (χ2n) is 5.01. The number of hydrogen-bond donors (Lipinski definition) is 1. The zero-order valence-electron chi connectivity index (χ0n) is 12.7. The molecule has 19 heavy (non-hydrogen) atoms. The topological polar surface area (TPSA) is 21.3 Å². The molecule has 0 spiro atoms. The largest absolute Gasteiger partial charge is 0.381 e. The molecular formula is C17H29NO. The molecule has 0 saturated heterocycles. The van der Waals surface area contributed by atoms with Gasteiger partial charge in [0.05, 0.1) is 0 Å². The lowest BCUT2D eigenvalue weighted by Crippen LogP contribution is -2.23. The van der Waals surface area contributed by atoms with Crippen molar-refractivity contribution in [3.8, 4) is 0 Å². The zero-order valence-corrected chi connectivity index (χ0v) is 12.7. The molecule has 0 heterocycles. The van der Waals surface area contributed by atoms with Gasteiger partial charge in [-0.15, -0.1) is 0 Å². The van der Waals surface area contributed by atoms with E-state index in [0.717, 1.165) is 39.0 Å². The summed E-state index contributed by atoms with van der Waals surface area (Å²) in [5.74, 6) is 0. The Labute approximate surface area is 118 Å². The van der Waals surface area contributed by atoms with Gasteiger partial charge in [-0.3, -0.25) is 0 Å². The van der Waals surface area contributed by atoms with E-state index in [4.69, 9.17) is 4.74 Å². The van der Waals surface area contributed by atoms with Crippen LogP contribution in [0.15, 0.2) is 24.3 Å². The Balaban J connectivity index is 2.60. The van der Waals surface area contributed by atoms with Crippen LogP contribution in [0.4, 0.5) is 0 Å². The molecule has 1 N–H and O–H groups in total. The average molecular weight is 263 g/mol. The molecule has 0 radical (unpaired) electrons. The van der Waals surface area contributed by atoms with Gasteiger partial charge >= 0.3 is 0 Å². The van der Waals surface area contributed by atoms with Crippen LogP contribution in [-0.4, -0.2) is 19.8 Å². The summed E-state index contributed by atoms with van der Waals surface area (Å²) in [6.45, 7) is 9.34. The molecule has 2 heteroatoms. The summed E-state index contributed by atoms with van der Waals surface area (Å²) in [6, 6.07) is 9.35. The van der Waals surface area contributed by atoms with E-state index in [2.05, 4.69) is 50.4 Å². The maximum atomic E-state index is 5.63. The van der Waals surface area contributed by atoms with Gasteiger partial charge in [-0.1, -0.05) is 45.0 Å². The lowest BCUT2D eigenvalue weighted by atomic mass is 10.0. The molecule has 108 valence electrons. The Kier molecular flexibility index (Phi) is 8.52. The van der Waals surface area contributed by atoms with Crippen LogP contribution in [0.2, 0.25) is 0 Å². The fourth-order valence-electron chi connectivity index (χ4n) is 2.18. The zero-order chi connectivity index (χ0) is 13.9. The summed E-state index contributed by atoms with van der Waals surface area (Å²) in [6.07, 6.45) is 4.41. The molecule has 0 aliphatic rings. The SMILES string of the molecule is CCCNC(CCOCCC)c1cccc(CC)c1. The molecule has 0 aliphatic carbocycles. The van der Waals surface area contributed by atoms with Crippen molar-refractivity contribution in [2.24, 2.45) is 0 Å². The molecule has 1 atom stereocenters. The first-order chi connectivity index (χ1) is 9.31. The molecule has 0 aliphatic heterocycles. The monoisotopic (exact) mass is 263 g/mol. The van der Waals surface area contributed by atoms with E-state index in [1.165, 1.54) is 17.5 Å². The predicted molar refractivity (Wildman–Crippen MR) is 82.6 cm³/mol. The minimum Gasteiger partial charge on any atom is -0.381 e. The number of hydrogen-bond acceptors (Lipinski definition) is 2. The van der Waals surface area contributed by atoms with Crippen LogP contribution in [0.25, 0.3) is 0 Å². The molecule has 1 unspecified atom stereocenters. The molecule has 0 fully saturated rings. The Morgan fingerprint density at radius 2 is 1.95 bits per heavy atom. The molecule has 0 saturated carbocycles. The quantitative estimate of drug-likeness (QED) is 0.642. The minimum absolute atomic E-state index is 0.420. The Morgan fingerprint density at radius 1 is 1.11 bits per heavy atom. The van der Waals surface area contributed by atoms with Crippen LogP contribution in [0, 0.1) is 0 Å². The van der Waals surface area contributed by atoms with Crippen LogP contribution in [0.1, 0.15) is 57.2 Å². The Bertz CT molecular complexity index is 338. The van der Waals surface area contributed by atoms with Crippen LogP contribution in [0.5, 0.6) is 0 Å². The number of nitrogens with one attached hydrogen (secondary N) is 1. The maximum absolute atomic E-state index is 5.63. The highest BCUT2D eigenvalue weighted by molar-refractivity contribution is 5.26. The standard InChI is InChI=1S/C17H29NO/c1-4-11-18-17(10-13-19-12-5-2)16-9-7-8-15(6-3)14-16/h7-9,14,17-18H,4-6,10-13H2,1-3H3. The van der Waals surface area contributed by atoms with Gasteiger partial charge in [0.15, 0.2) is 0 Å². The third-order valence-corrected chi connectivity index (χ3v) is 3.30. The van der Waals surface area contributed by atoms with Crippen LogP contribution < -0.4 is 5.32 Å². The second-order valence-corrected chi connectivity index (χ2v) is 5.01. The van der Waals surface area contributed by atoms with Crippen molar-refractivity contribution in [3.05, 3.63) is 35.4 Å². The summed E-state index contributed by atoms with van der Waals surface area (Å²) >= 11 is 0. The van der Waals surface area contributed by atoms with Gasteiger partial charge in [0.1, 0.15) is 0 Å². The van der Waals surface area contributed by atoms with Crippen LogP contribution in [0.3, 0.4) is 0 Å². The van der Waals surface area contributed by atoms with Gasteiger partial charge in [0.2, 0.25) is 0 Å². The number of ether oxygens (including phenoxy) is 1. The molecule has 0 bridgehead atoms. The highest BCUT2D eigenvalue weighted by atomic mass is 16.5. The van der Waals surface area contributed by atoms with Crippen molar-refractivity contribution >= 4 is 0 Å². The van der Waals surface area contributed by atoms with Gasteiger partial charge in [0, 0.05) is 19.3 Å². The molecule has 0 amide bonds. The van der Waals surface area contributed by atoms with E-state index in [-0.39, 0.29) is 0 Å². The fraction of sp³-hybridized carbons (Fsp3) is 0.647. The highest BCUT2D eigenvalue weighted by Crippen LogP contribution is 2.18. The third-order valence-electron chi connectivity index (χ3n) is 3.30. The highest BCUT2D eigenvalue weighted by Gasteiger charge is 2.10. The van der Waals surface area contributed by atoms with Gasteiger partial charge in [-0.05, 0) is 43.4 Å². The van der Waals surface area contributed by atoms with E-state index in [1.54, 1.807) is 0 Å². The predicted octanol–water partition coefficient (Wildman–Crippen LogP) is 4.11. The molecule has 2 nitrogen and oxygen atoms in total. The number of rotatable bonds is 10. The summed E-state index contributed by atoms with van der Waals surface area (Å²) in [7, 11) is 0. The summed E-state index contributed by atoms with van der Waals surface area (Å²) < 4.78 is 5.63. The van der Waals surface area contributed by atoms with Gasteiger partial charge < -0.3 is 10.1 Å². The van der Waals surface area contributed by atoms with E-state index in [1.807, 2.05) is 0 Å². The minimum atomic E-state index is 0.420. The van der Waals surface area contributed by atoms with E-state index < -0.39 is 0 Å². The molecule has 1 rings (SSSR count). The molecule has 1 aromatic carbocycles. The average Bonchev–Trinajstić information content (AvgIpc) is 2.46. The van der Waals surface area contributed by atoms with Crippen molar-refractivity contribution in [1.29, 1.82) is 0 Å².